The summed E-state index contributed by atoms with van der Waals surface area (Å²) < 4.78 is 39.5. The van der Waals surface area contributed by atoms with Gasteiger partial charge in [-0.25, -0.2) is 4.98 Å². The summed E-state index contributed by atoms with van der Waals surface area (Å²) in [7, 11) is 0. The number of rotatable bonds is 6. The summed E-state index contributed by atoms with van der Waals surface area (Å²) in [6.07, 6.45) is -2.14. The van der Waals surface area contributed by atoms with Gasteiger partial charge in [-0.15, -0.1) is 0 Å². The summed E-state index contributed by atoms with van der Waals surface area (Å²) >= 11 is 0. The fourth-order valence-corrected chi connectivity index (χ4v) is 4.39. The number of hydrogen-bond donors (Lipinski definition) is 3. The fourth-order valence-electron chi connectivity index (χ4n) is 4.39. The number of nitrogens with one attached hydrogen (secondary N) is 3. The van der Waals surface area contributed by atoms with Crippen LogP contribution in [-0.4, -0.2) is 39.8 Å². The van der Waals surface area contributed by atoms with Gasteiger partial charge in [0.15, 0.2) is 0 Å². The third-order valence-corrected chi connectivity index (χ3v) is 5.66. The number of halogens is 3. The van der Waals surface area contributed by atoms with Crippen LogP contribution in [0.1, 0.15) is 55.5 Å². The molecule has 0 spiro atoms. The normalized spacial score (nSPS) is 19.0. The maximum atomic E-state index is 13.2. The zero-order chi connectivity index (χ0) is 23.0. The van der Waals surface area contributed by atoms with Crippen LogP contribution in [0.15, 0.2) is 24.4 Å². The van der Waals surface area contributed by atoms with Crippen LogP contribution in [0.5, 0.6) is 0 Å². The molecule has 11 heteroatoms. The first kappa shape index (κ1) is 21.8. The summed E-state index contributed by atoms with van der Waals surface area (Å²) in [5.41, 5.74) is 1.73. The van der Waals surface area contributed by atoms with Crippen molar-refractivity contribution in [1.29, 1.82) is 0 Å². The van der Waals surface area contributed by atoms with E-state index in [0.29, 0.717) is 5.69 Å². The summed E-state index contributed by atoms with van der Waals surface area (Å²) in [5.74, 6) is -0.648. The van der Waals surface area contributed by atoms with Gasteiger partial charge in [0.1, 0.15) is 11.4 Å². The van der Waals surface area contributed by atoms with Crippen molar-refractivity contribution < 1.29 is 22.8 Å². The van der Waals surface area contributed by atoms with Gasteiger partial charge in [-0.3, -0.25) is 9.59 Å². The van der Waals surface area contributed by atoms with Gasteiger partial charge in [0.2, 0.25) is 17.8 Å². The monoisotopic (exact) mass is 448 g/mol. The molecule has 2 amide bonds. The molecule has 8 nitrogen and oxygen atoms in total. The van der Waals surface area contributed by atoms with Crippen LogP contribution >= 0.6 is 0 Å². The van der Waals surface area contributed by atoms with Crippen LogP contribution in [0.4, 0.5) is 30.6 Å². The number of alkyl halides is 3. The average molecular weight is 448 g/mol. The highest BCUT2D eigenvalue weighted by Crippen LogP contribution is 2.53. The van der Waals surface area contributed by atoms with Gasteiger partial charge < -0.3 is 20.9 Å². The number of fused-ring (bicyclic) bond motifs is 5. The maximum Gasteiger partial charge on any atom is 0.421 e. The van der Waals surface area contributed by atoms with E-state index in [4.69, 9.17) is 0 Å². The molecule has 3 heterocycles. The van der Waals surface area contributed by atoms with Crippen molar-refractivity contribution in [2.45, 2.75) is 44.9 Å². The summed E-state index contributed by atoms with van der Waals surface area (Å²) in [6.45, 7) is 3.28. The molecule has 2 bridgehead atoms. The van der Waals surface area contributed by atoms with Gasteiger partial charge in [-0.05, 0) is 43.0 Å². The molecule has 0 saturated carbocycles. The lowest BCUT2D eigenvalue weighted by Gasteiger charge is -2.22. The molecule has 0 aliphatic carbocycles. The summed E-state index contributed by atoms with van der Waals surface area (Å²) in [5, 5.41) is 8.14. The maximum absolute atomic E-state index is 13.2. The van der Waals surface area contributed by atoms with Crippen LogP contribution in [0.3, 0.4) is 0 Å². The third-order valence-electron chi connectivity index (χ3n) is 5.66. The molecule has 2 atom stereocenters. The number of anilines is 3. The van der Waals surface area contributed by atoms with E-state index in [1.54, 1.807) is 13.0 Å². The molecule has 1 saturated heterocycles. The highest BCUT2D eigenvalue weighted by atomic mass is 19.4. The third kappa shape index (κ3) is 4.06. The predicted octanol–water partition coefficient (Wildman–Crippen LogP) is 3.53. The minimum absolute atomic E-state index is 0.0343. The lowest BCUT2D eigenvalue weighted by atomic mass is 9.91. The molecule has 32 heavy (non-hydrogen) atoms. The topological polar surface area (TPSA) is 99.3 Å². The van der Waals surface area contributed by atoms with E-state index in [-0.39, 0.29) is 48.8 Å². The zero-order valence-electron chi connectivity index (χ0n) is 17.6. The highest BCUT2D eigenvalue weighted by Gasteiger charge is 2.46. The molecule has 0 radical (unpaired) electrons. The number of carbonyl (C=O) groups excluding carboxylic acids is 2. The first-order valence-electron chi connectivity index (χ1n) is 10.3. The van der Waals surface area contributed by atoms with E-state index < -0.39 is 11.7 Å². The van der Waals surface area contributed by atoms with E-state index in [0.717, 1.165) is 30.2 Å². The highest BCUT2D eigenvalue weighted by molar-refractivity contribution is 5.85. The van der Waals surface area contributed by atoms with Gasteiger partial charge in [0.25, 0.3) is 0 Å². The molecule has 2 aliphatic rings. The molecule has 1 aromatic heterocycles. The molecular weight excluding hydrogens is 425 g/mol. The Hall–Kier alpha value is -3.37. The lowest BCUT2D eigenvalue weighted by molar-refractivity contribution is -0.137. The van der Waals surface area contributed by atoms with E-state index in [9.17, 15) is 22.8 Å². The van der Waals surface area contributed by atoms with Gasteiger partial charge in [0.05, 0.1) is 18.6 Å². The quantitative estimate of drug-likeness (QED) is 0.626. The van der Waals surface area contributed by atoms with Crippen molar-refractivity contribution >= 4 is 29.3 Å². The second kappa shape index (κ2) is 8.29. The van der Waals surface area contributed by atoms with Crippen molar-refractivity contribution in [3.8, 4) is 0 Å². The second-order valence-electron chi connectivity index (χ2n) is 7.77. The molecule has 3 N–H and O–H groups in total. The molecule has 0 unspecified atom stereocenters. The molecule has 2 aromatic rings. The minimum Gasteiger partial charge on any atom is -0.370 e. The Morgan fingerprint density at radius 2 is 1.91 bits per heavy atom. The first-order valence-corrected chi connectivity index (χ1v) is 10.3. The van der Waals surface area contributed by atoms with Gasteiger partial charge in [-0.2, -0.15) is 18.2 Å². The van der Waals surface area contributed by atoms with Crippen molar-refractivity contribution in [2.75, 3.05) is 23.7 Å². The molecule has 4 rings (SSSR count). The standard InChI is InChI=1S/C21H23F3N6O2/c1-3-25-19-15(21(22,23)24)9-27-20(29-19)28-12-4-5-13-14(8-12)17-7-6-16(13)30(17)18(32)10-26-11(2)31/h4-5,8-9,16-17H,3,6-7,10H2,1-2H3,(H,26,31)(H2,25,27,28,29)/t16-,17+/m0/s1. The molecule has 1 fully saturated rings. The van der Waals surface area contributed by atoms with Gasteiger partial charge >= 0.3 is 6.18 Å². The zero-order valence-corrected chi connectivity index (χ0v) is 17.6. The van der Waals surface area contributed by atoms with Crippen LogP contribution < -0.4 is 16.0 Å². The van der Waals surface area contributed by atoms with Crippen molar-refractivity contribution in [3.05, 3.63) is 41.1 Å². The van der Waals surface area contributed by atoms with Gasteiger partial charge in [0, 0.05) is 25.4 Å². The van der Waals surface area contributed by atoms with Crippen molar-refractivity contribution in [2.24, 2.45) is 0 Å². The minimum atomic E-state index is -4.56. The summed E-state index contributed by atoms with van der Waals surface area (Å²) in [6, 6.07) is 5.46. The largest absolute Gasteiger partial charge is 0.421 e. The Labute approximate surface area is 182 Å². The van der Waals surface area contributed by atoms with E-state index in [1.165, 1.54) is 6.92 Å². The van der Waals surface area contributed by atoms with Gasteiger partial charge in [-0.1, -0.05) is 6.07 Å². The van der Waals surface area contributed by atoms with Crippen molar-refractivity contribution in [1.82, 2.24) is 20.2 Å². The van der Waals surface area contributed by atoms with E-state index in [1.807, 2.05) is 17.0 Å². The second-order valence-corrected chi connectivity index (χ2v) is 7.77. The Morgan fingerprint density at radius 1 is 1.19 bits per heavy atom. The first-order chi connectivity index (χ1) is 15.2. The molecule has 1 aromatic carbocycles. The Morgan fingerprint density at radius 3 is 2.56 bits per heavy atom. The number of carbonyl (C=O) groups is 2. The van der Waals surface area contributed by atoms with Crippen LogP contribution in [0.25, 0.3) is 0 Å². The van der Waals surface area contributed by atoms with E-state index in [2.05, 4.69) is 25.9 Å². The molecule has 170 valence electrons. The SMILES string of the molecule is CCNc1nc(Nc2ccc3c(c2)[C@H]2CC[C@@H]3N2C(=O)CNC(C)=O)ncc1C(F)(F)F. The Balaban J connectivity index is 1.55. The summed E-state index contributed by atoms with van der Waals surface area (Å²) in [4.78, 5) is 33.4. The Bertz CT molecular complexity index is 1060. The van der Waals surface area contributed by atoms with Crippen LogP contribution in [0, 0.1) is 0 Å². The number of aromatic nitrogens is 2. The van der Waals surface area contributed by atoms with Crippen LogP contribution in [-0.2, 0) is 15.8 Å². The number of hydrogen-bond acceptors (Lipinski definition) is 6. The Kier molecular flexibility index (Phi) is 5.66. The fraction of sp³-hybridized carbons (Fsp3) is 0.429. The smallest absolute Gasteiger partial charge is 0.370 e. The number of nitrogens with zero attached hydrogens (tertiary/aromatic N) is 3. The van der Waals surface area contributed by atoms with Crippen LogP contribution in [0.2, 0.25) is 0 Å². The average Bonchev–Trinajstić information content (AvgIpc) is 3.28. The van der Waals surface area contributed by atoms with Crippen molar-refractivity contribution in [3.63, 3.8) is 0 Å². The number of amides is 2. The molecule has 2 aliphatic heterocycles. The lowest BCUT2D eigenvalue weighted by Crippen LogP contribution is -2.37. The molecular formula is C21H23F3N6O2. The van der Waals surface area contributed by atoms with E-state index >= 15 is 0 Å². The predicted molar refractivity (Wildman–Crippen MR) is 111 cm³/mol. The number of benzene rings is 1.